The van der Waals surface area contributed by atoms with Gasteiger partial charge in [-0.05, 0) is 42.0 Å². The minimum atomic E-state index is -0.0000463. The van der Waals surface area contributed by atoms with Crippen LogP contribution < -0.4 is 0 Å². The molecule has 0 amide bonds. The van der Waals surface area contributed by atoms with E-state index >= 15 is 0 Å². The van der Waals surface area contributed by atoms with Crippen LogP contribution in [0.5, 0.6) is 11.5 Å². The number of phenolic OH excluding ortho intramolecular Hbond substituents is 2. The van der Waals surface area contributed by atoms with Crippen LogP contribution >= 0.6 is 0 Å². The summed E-state index contributed by atoms with van der Waals surface area (Å²) in [5, 5.41) is 20.6. The monoisotopic (exact) mass is 270 g/mol. The number of hydrogen-bond donors (Lipinski definition) is 2. The van der Waals surface area contributed by atoms with E-state index in [1.54, 1.807) is 0 Å². The van der Waals surface area contributed by atoms with Crippen LogP contribution in [0.25, 0.3) is 11.1 Å². The van der Waals surface area contributed by atoms with E-state index in [-0.39, 0.29) is 11.5 Å². The number of benzene rings is 2. The predicted molar refractivity (Wildman–Crippen MR) is 83.3 cm³/mol. The molecule has 0 bridgehead atoms. The molecule has 0 fully saturated rings. The maximum atomic E-state index is 10.4. The molecule has 0 aromatic heterocycles. The zero-order valence-electron chi connectivity index (χ0n) is 12.4. The van der Waals surface area contributed by atoms with Gasteiger partial charge in [0.25, 0.3) is 0 Å². The van der Waals surface area contributed by atoms with Crippen LogP contribution in [0, 0.1) is 0 Å². The Morgan fingerprint density at radius 3 is 2.00 bits per heavy atom. The molecule has 0 heterocycles. The van der Waals surface area contributed by atoms with Gasteiger partial charge in [0.05, 0.1) is 0 Å². The number of aryl methyl sites for hydroxylation is 2. The fraction of sp³-hybridized carbons (Fsp3) is 0.333. The molecular weight excluding hydrogens is 248 g/mol. The quantitative estimate of drug-likeness (QED) is 0.806. The maximum absolute atomic E-state index is 10.4. The Morgan fingerprint density at radius 1 is 0.750 bits per heavy atom. The van der Waals surface area contributed by atoms with E-state index in [1.807, 2.05) is 31.2 Å². The van der Waals surface area contributed by atoms with Crippen molar-refractivity contribution in [2.45, 2.75) is 40.0 Å². The van der Waals surface area contributed by atoms with Crippen molar-refractivity contribution in [3.63, 3.8) is 0 Å². The second-order valence-electron chi connectivity index (χ2n) is 4.98. The minimum absolute atomic E-state index is 0.0000463. The van der Waals surface area contributed by atoms with Crippen molar-refractivity contribution in [2.24, 2.45) is 0 Å². The Morgan fingerprint density at radius 2 is 1.40 bits per heavy atom. The zero-order valence-corrected chi connectivity index (χ0v) is 12.4. The summed E-state index contributed by atoms with van der Waals surface area (Å²) in [7, 11) is 0. The molecular formula is C18H22O2. The molecule has 0 radical (unpaired) electrons. The molecule has 0 unspecified atom stereocenters. The molecule has 0 spiro atoms. The lowest BCUT2D eigenvalue weighted by molar-refractivity contribution is 0.400. The van der Waals surface area contributed by atoms with Crippen molar-refractivity contribution in [3.05, 3.63) is 47.0 Å². The number of aromatic hydroxyl groups is 2. The first-order chi connectivity index (χ1) is 9.63. The van der Waals surface area contributed by atoms with Crippen molar-refractivity contribution in [3.8, 4) is 22.6 Å². The molecule has 2 aromatic rings. The first-order valence-corrected chi connectivity index (χ1v) is 7.28. The smallest absolute Gasteiger partial charge is 0.165 e. The predicted octanol–water partition coefficient (Wildman–Crippen LogP) is 4.45. The Hall–Kier alpha value is -1.96. The third kappa shape index (κ3) is 2.38. The highest BCUT2D eigenvalue weighted by Gasteiger charge is 2.17. The van der Waals surface area contributed by atoms with E-state index in [9.17, 15) is 10.2 Å². The average molecular weight is 270 g/mol. The zero-order chi connectivity index (χ0) is 14.7. The molecule has 2 nitrogen and oxygen atoms in total. The molecule has 0 saturated heterocycles. The summed E-state index contributed by atoms with van der Waals surface area (Å²) in [6.07, 6.45) is 2.46. The van der Waals surface area contributed by atoms with Crippen LogP contribution in [0.15, 0.2) is 30.3 Å². The highest BCUT2D eigenvalue weighted by molar-refractivity contribution is 5.78. The second kappa shape index (κ2) is 6.00. The van der Waals surface area contributed by atoms with Gasteiger partial charge >= 0.3 is 0 Å². The second-order valence-corrected chi connectivity index (χ2v) is 4.98. The summed E-state index contributed by atoms with van der Waals surface area (Å²) in [4.78, 5) is 0. The van der Waals surface area contributed by atoms with E-state index in [0.717, 1.165) is 41.5 Å². The van der Waals surface area contributed by atoms with E-state index in [1.165, 1.54) is 5.56 Å². The van der Waals surface area contributed by atoms with Crippen LogP contribution in [0.4, 0.5) is 0 Å². The van der Waals surface area contributed by atoms with E-state index in [2.05, 4.69) is 19.9 Å². The van der Waals surface area contributed by atoms with Crippen LogP contribution in [-0.2, 0) is 19.3 Å². The molecule has 2 N–H and O–H groups in total. The highest BCUT2D eigenvalue weighted by Crippen LogP contribution is 2.42. The van der Waals surface area contributed by atoms with Crippen LogP contribution in [0.1, 0.15) is 37.5 Å². The molecule has 0 aliphatic carbocycles. The van der Waals surface area contributed by atoms with Gasteiger partial charge in [0.2, 0.25) is 0 Å². The molecule has 2 aromatic carbocycles. The third-order valence-corrected chi connectivity index (χ3v) is 3.89. The summed E-state index contributed by atoms with van der Waals surface area (Å²) in [6, 6.07) is 10.0. The molecule has 2 rings (SSSR count). The Kier molecular flexibility index (Phi) is 4.33. The normalized spacial score (nSPS) is 10.8. The lowest BCUT2D eigenvalue weighted by Crippen LogP contribution is -1.96. The molecule has 20 heavy (non-hydrogen) atoms. The first kappa shape index (κ1) is 14.4. The van der Waals surface area contributed by atoms with Gasteiger partial charge in [0, 0.05) is 11.1 Å². The third-order valence-electron chi connectivity index (χ3n) is 3.89. The minimum Gasteiger partial charge on any atom is -0.504 e. The summed E-state index contributed by atoms with van der Waals surface area (Å²) in [6.45, 7) is 6.16. The fourth-order valence-corrected chi connectivity index (χ4v) is 2.76. The van der Waals surface area contributed by atoms with Crippen molar-refractivity contribution >= 4 is 0 Å². The Labute approximate surface area is 120 Å². The Bertz CT molecular complexity index is 615. The van der Waals surface area contributed by atoms with Crippen molar-refractivity contribution < 1.29 is 10.2 Å². The van der Waals surface area contributed by atoms with Gasteiger partial charge < -0.3 is 10.2 Å². The molecule has 0 saturated carbocycles. The van der Waals surface area contributed by atoms with Crippen LogP contribution in [0.2, 0.25) is 0 Å². The van der Waals surface area contributed by atoms with Crippen molar-refractivity contribution in [1.29, 1.82) is 0 Å². The molecule has 2 heteroatoms. The van der Waals surface area contributed by atoms with Crippen LogP contribution in [0.3, 0.4) is 0 Å². The lowest BCUT2D eigenvalue weighted by Gasteiger charge is -2.16. The van der Waals surface area contributed by atoms with Gasteiger partial charge in [-0.2, -0.15) is 0 Å². The highest BCUT2D eigenvalue weighted by atomic mass is 16.3. The van der Waals surface area contributed by atoms with Crippen molar-refractivity contribution in [2.75, 3.05) is 0 Å². The van der Waals surface area contributed by atoms with Gasteiger partial charge in [0.15, 0.2) is 11.5 Å². The summed E-state index contributed by atoms with van der Waals surface area (Å²) in [5.41, 5.74) is 4.86. The van der Waals surface area contributed by atoms with E-state index in [4.69, 9.17) is 0 Å². The largest absolute Gasteiger partial charge is 0.504 e. The number of hydrogen-bond acceptors (Lipinski definition) is 2. The molecule has 0 aliphatic heterocycles. The molecule has 0 atom stereocenters. The SMILES string of the molecule is CCc1ccccc1-c1cc(CC)c(CC)c(O)c1O. The first-order valence-electron chi connectivity index (χ1n) is 7.28. The van der Waals surface area contributed by atoms with Gasteiger partial charge in [0.1, 0.15) is 0 Å². The summed E-state index contributed by atoms with van der Waals surface area (Å²) in [5.74, 6) is 0.0349. The van der Waals surface area contributed by atoms with E-state index < -0.39 is 0 Å². The number of rotatable bonds is 4. The van der Waals surface area contributed by atoms with E-state index in [0.29, 0.717) is 0 Å². The fourth-order valence-electron chi connectivity index (χ4n) is 2.76. The van der Waals surface area contributed by atoms with Gasteiger partial charge in [-0.25, -0.2) is 0 Å². The molecule has 106 valence electrons. The lowest BCUT2D eigenvalue weighted by atomic mass is 9.91. The summed E-state index contributed by atoms with van der Waals surface area (Å²) < 4.78 is 0. The number of phenols is 2. The van der Waals surface area contributed by atoms with Gasteiger partial charge in [-0.1, -0.05) is 45.0 Å². The standard InChI is InChI=1S/C18H22O2/c1-4-12-9-7-8-10-15(12)16-11-13(5-2)14(6-3)17(19)18(16)20/h7-11,19-20H,4-6H2,1-3H3. The van der Waals surface area contributed by atoms with Crippen LogP contribution in [-0.4, -0.2) is 10.2 Å². The van der Waals surface area contributed by atoms with Gasteiger partial charge in [-0.3, -0.25) is 0 Å². The maximum Gasteiger partial charge on any atom is 0.165 e. The molecule has 0 aliphatic rings. The summed E-state index contributed by atoms with van der Waals surface area (Å²) >= 11 is 0. The van der Waals surface area contributed by atoms with Gasteiger partial charge in [-0.15, -0.1) is 0 Å². The average Bonchev–Trinajstić information content (AvgIpc) is 2.49. The van der Waals surface area contributed by atoms with Crippen molar-refractivity contribution in [1.82, 2.24) is 0 Å². The topological polar surface area (TPSA) is 40.5 Å². The Balaban J connectivity index is 2.72.